The van der Waals surface area contributed by atoms with Gasteiger partial charge in [0.2, 0.25) is 0 Å². The molecule has 0 aliphatic heterocycles. The van der Waals surface area contributed by atoms with Crippen LogP contribution in [0.2, 0.25) is 0 Å². The number of halogens is 3. The normalized spacial score (nSPS) is 17.2. The molecule has 28 heavy (non-hydrogen) atoms. The first kappa shape index (κ1) is 20.2. The average Bonchev–Trinajstić information content (AvgIpc) is 3.04. The fourth-order valence-corrected chi connectivity index (χ4v) is 3.56. The van der Waals surface area contributed by atoms with Crippen LogP contribution in [0.4, 0.5) is 13.2 Å². The summed E-state index contributed by atoms with van der Waals surface area (Å²) in [6.45, 7) is 2.18. The van der Waals surface area contributed by atoms with E-state index in [4.69, 9.17) is 14.6 Å². The molecule has 7 heteroatoms. The molecule has 0 spiro atoms. The first-order chi connectivity index (χ1) is 13.3. The van der Waals surface area contributed by atoms with Crippen molar-refractivity contribution in [3.63, 3.8) is 0 Å². The maximum Gasteiger partial charge on any atom is 0.416 e. The van der Waals surface area contributed by atoms with E-state index in [0.29, 0.717) is 41.9 Å². The molecule has 2 atom stereocenters. The summed E-state index contributed by atoms with van der Waals surface area (Å²) in [5.41, 5.74) is 0.980. The fraction of sp³-hybridized carbons (Fsp3) is 0.381. The van der Waals surface area contributed by atoms with Crippen molar-refractivity contribution in [3.05, 3.63) is 64.7 Å². The van der Waals surface area contributed by atoms with Gasteiger partial charge in [0.1, 0.15) is 11.9 Å². The minimum Gasteiger partial charge on any atom is -0.486 e. The Morgan fingerprint density at radius 2 is 1.93 bits per heavy atom. The summed E-state index contributed by atoms with van der Waals surface area (Å²) in [5.74, 6) is -0.439. The number of carboxylic acids is 1. The Hall–Kier alpha value is -2.54. The van der Waals surface area contributed by atoms with Gasteiger partial charge in [0.05, 0.1) is 18.1 Å². The van der Waals surface area contributed by atoms with E-state index < -0.39 is 29.9 Å². The lowest BCUT2D eigenvalue weighted by Gasteiger charge is -2.18. The van der Waals surface area contributed by atoms with Gasteiger partial charge in [-0.2, -0.15) is 13.2 Å². The molecule has 4 nitrogen and oxygen atoms in total. The maximum absolute atomic E-state index is 13.2. The molecular weight excluding hydrogens is 373 g/mol. The molecule has 2 aromatic rings. The van der Waals surface area contributed by atoms with E-state index in [1.165, 1.54) is 6.07 Å². The summed E-state index contributed by atoms with van der Waals surface area (Å²) in [5, 5.41) is 9.00. The highest BCUT2D eigenvalue weighted by molar-refractivity contribution is 5.67. The summed E-state index contributed by atoms with van der Waals surface area (Å²) >= 11 is 0. The molecule has 2 aromatic carbocycles. The lowest BCUT2D eigenvalue weighted by atomic mass is 10.0. The van der Waals surface area contributed by atoms with Crippen molar-refractivity contribution in [2.24, 2.45) is 0 Å². The summed E-state index contributed by atoms with van der Waals surface area (Å²) in [4.78, 5) is 11.0. The summed E-state index contributed by atoms with van der Waals surface area (Å²) in [7, 11) is 0. The van der Waals surface area contributed by atoms with Crippen LogP contribution in [0.15, 0.2) is 42.5 Å². The van der Waals surface area contributed by atoms with E-state index in [1.54, 1.807) is 37.3 Å². The zero-order chi connectivity index (χ0) is 20.3. The second-order valence-electron chi connectivity index (χ2n) is 6.63. The molecule has 0 amide bonds. The monoisotopic (exact) mass is 394 g/mol. The van der Waals surface area contributed by atoms with E-state index in [2.05, 4.69) is 0 Å². The molecule has 1 aliphatic carbocycles. The number of aliphatic carboxylic acids is 1. The predicted octanol–water partition coefficient (Wildman–Crippen LogP) is 5.32. The number of hydrogen-bond donors (Lipinski definition) is 1. The summed E-state index contributed by atoms with van der Waals surface area (Å²) in [6, 6.07) is 11.0. The molecule has 0 radical (unpaired) electrons. The number of carboxylic acid groups (broad SMARTS) is 1. The highest BCUT2D eigenvalue weighted by Gasteiger charge is 2.37. The van der Waals surface area contributed by atoms with Gasteiger partial charge in [-0.1, -0.05) is 24.3 Å². The Morgan fingerprint density at radius 3 is 2.54 bits per heavy atom. The van der Waals surface area contributed by atoms with E-state index in [1.807, 2.05) is 0 Å². The van der Waals surface area contributed by atoms with Crippen LogP contribution in [0, 0.1) is 0 Å². The molecule has 0 saturated heterocycles. The van der Waals surface area contributed by atoms with Gasteiger partial charge in [-0.05, 0) is 54.7 Å². The Bertz CT molecular complexity index is 831. The molecule has 3 rings (SSSR count). The molecule has 150 valence electrons. The van der Waals surface area contributed by atoms with Gasteiger partial charge in [0, 0.05) is 6.61 Å². The molecule has 0 heterocycles. The van der Waals surface area contributed by atoms with Crippen LogP contribution in [0.5, 0.6) is 5.75 Å². The fourth-order valence-electron chi connectivity index (χ4n) is 3.56. The quantitative estimate of drug-likeness (QED) is 0.690. The average molecular weight is 394 g/mol. The smallest absolute Gasteiger partial charge is 0.416 e. The van der Waals surface area contributed by atoms with Crippen molar-refractivity contribution >= 4 is 5.97 Å². The Balaban J connectivity index is 1.75. The zero-order valence-electron chi connectivity index (χ0n) is 15.3. The lowest BCUT2D eigenvalue weighted by molar-refractivity contribution is -0.140. The van der Waals surface area contributed by atoms with E-state index in [-0.39, 0.29) is 6.42 Å². The second-order valence-corrected chi connectivity index (χ2v) is 6.63. The molecule has 1 N–H and O–H groups in total. The molecule has 0 fully saturated rings. The van der Waals surface area contributed by atoms with Gasteiger partial charge in [-0.15, -0.1) is 0 Å². The van der Waals surface area contributed by atoms with E-state index >= 15 is 0 Å². The maximum atomic E-state index is 13.2. The number of carbonyl (C=O) groups is 1. The van der Waals surface area contributed by atoms with Crippen molar-refractivity contribution in [1.29, 1.82) is 0 Å². The van der Waals surface area contributed by atoms with Gasteiger partial charge >= 0.3 is 12.1 Å². The molecule has 1 aliphatic rings. The Labute approximate surface area is 160 Å². The number of rotatable bonds is 7. The standard InChI is InChI=1S/C21H21F3O4/c1-2-27-19(12-20(25)26)13-6-8-14(9-7-13)28-18-11-10-15-16(18)4-3-5-17(15)21(22,23)24/h3-9,18-19H,2,10-12H2,1H3,(H,25,26)/t18?,19-/m0/s1. The van der Waals surface area contributed by atoms with Crippen LogP contribution in [-0.4, -0.2) is 17.7 Å². The van der Waals surface area contributed by atoms with Crippen LogP contribution >= 0.6 is 0 Å². The van der Waals surface area contributed by atoms with Crippen molar-refractivity contribution < 1.29 is 32.5 Å². The number of ether oxygens (including phenoxy) is 2. The third kappa shape index (κ3) is 4.47. The van der Waals surface area contributed by atoms with Crippen LogP contribution in [-0.2, 0) is 22.1 Å². The van der Waals surface area contributed by atoms with Gasteiger partial charge in [0.25, 0.3) is 0 Å². The van der Waals surface area contributed by atoms with Crippen molar-refractivity contribution in [2.75, 3.05) is 6.61 Å². The number of fused-ring (bicyclic) bond motifs is 1. The number of alkyl halides is 3. The first-order valence-corrected chi connectivity index (χ1v) is 9.08. The van der Waals surface area contributed by atoms with Gasteiger partial charge < -0.3 is 14.6 Å². The third-order valence-electron chi connectivity index (χ3n) is 4.78. The Morgan fingerprint density at radius 1 is 1.21 bits per heavy atom. The summed E-state index contributed by atoms with van der Waals surface area (Å²) in [6.07, 6.45) is -4.73. The molecular formula is C21H21F3O4. The lowest BCUT2D eigenvalue weighted by Crippen LogP contribution is -2.10. The largest absolute Gasteiger partial charge is 0.486 e. The number of hydrogen-bond acceptors (Lipinski definition) is 3. The first-order valence-electron chi connectivity index (χ1n) is 9.08. The van der Waals surface area contributed by atoms with Crippen LogP contribution in [0.3, 0.4) is 0 Å². The molecule has 0 bridgehead atoms. The topological polar surface area (TPSA) is 55.8 Å². The number of benzene rings is 2. The molecule has 0 aromatic heterocycles. The molecule has 0 saturated carbocycles. The van der Waals surface area contributed by atoms with Gasteiger partial charge in [-0.25, -0.2) is 0 Å². The predicted molar refractivity (Wildman–Crippen MR) is 96.2 cm³/mol. The summed E-state index contributed by atoms with van der Waals surface area (Å²) < 4.78 is 50.9. The van der Waals surface area contributed by atoms with Crippen LogP contribution < -0.4 is 4.74 Å². The van der Waals surface area contributed by atoms with Gasteiger partial charge in [-0.3, -0.25) is 4.79 Å². The minimum absolute atomic E-state index is 0.149. The molecule has 1 unspecified atom stereocenters. The van der Waals surface area contributed by atoms with Crippen LogP contribution in [0.25, 0.3) is 0 Å². The second kappa shape index (κ2) is 8.22. The SMILES string of the molecule is CCO[C@@H](CC(=O)O)c1ccc(OC2CCc3c2cccc3C(F)(F)F)cc1. The minimum atomic E-state index is -4.37. The zero-order valence-corrected chi connectivity index (χ0v) is 15.3. The van der Waals surface area contributed by atoms with Crippen molar-refractivity contribution in [1.82, 2.24) is 0 Å². The highest BCUT2D eigenvalue weighted by atomic mass is 19.4. The third-order valence-corrected chi connectivity index (χ3v) is 4.78. The Kier molecular flexibility index (Phi) is 5.93. The van der Waals surface area contributed by atoms with Crippen LogP contribution in [0.1, 0.15) is 54.2 Å². The van der Waals surface area contributed by atoms with Crippen molar-refractivity contribution in [2.45, 2.75) is 44.6 Å². The van der Waals surface area contributed by atoms with Gasteiger partial charge in [0.15, 0.2) is 0 Å². The van der Waals surface area contributed by atoms with E-state index in [9.17, 15) is 18.0 Å². The highest BCUT2D eigenvalue weighted by Crippen LogP contribution is 2.42. The van der Waals surface area contributed by atoms with E-state index in [0.717, 1.165) is 6.07 Å². The van der Waals surface area contributed by atoms with Crippen molar-refractivity contribution in [3.8, 4) is 5.75 Å².